The predicted octanol–water partition coefficient (Wildman–Crippen LogP) is 3.56. The van der Waals surface area contributed by atoms with Crippen molar-refractivity contribution in [1.29, 1.82) is 0 Å². The van der Waals surface area contributed by atoms with Gasteiger partial charge >= 0.3 is 5.97 Å². The third kappa shape index (κ3) is 5.67. The number of para-hydroxylation sites is 1. The van der Waals surface area contributed by atoms with Crippen molar-refractivity contribution in [3.8, 4) is 0 Å². The second-order valence-electron chi connectivity index (χ2n) is 7.20. The molecule has 152 valence electrons. The van der Waals surface area contributed by atoms with Crippen molar-refractivity contribution < 1.29 is 19.1 Å². The molecule has 0 saturated carbocycles. The second kappa shape index (κ2) is 9.87. The van der Waals surface area contributed by atoms with Crippen LogP contribution in [0.15, 0.2) is 54.6 Å². The van der Waals surface area contributed by atoms with Crippen LogP contribution in [0.4, 0.5) is 11.4 Å². The quantitative estimate of drug-likeness (QED) is 0.695. The summed E-state index contributed by atoms with van der Waals surface area (Å²) in [6.07, 6.45) is 3.38. The Hall–Kier alpha value is -3.15. The Morgan fingerprint density at radius 1 is 1.10 bits per heavy atom. The van der Waals surface area contributed by atoms with E-state index >= 15 is 0 Å². The number of unbranched alkanes of at least 4 members (excludes halogenated alkanes) is 1. The molecule has 3 rings (SSSR count). The number of benzene rings is 2. The average Bonchev–Trinajstić information content (AvgIpc) is 3.13. The van der Waals surface area contributed by atoms with E-state index in [9.17, 15) is 14.4 Å². The first-order valence-corrected chi connectivity index (χ1v) is 9.97. The molecule has 0 radical (unpaired) electrons. The van der Waals surface area contributed by atoms with Crippen molar-refractivity contribution >= 4 is 29.2 Å². The van der Waals surface area contributed by atoms with Crippen molar-refractivity contribution in [2.24, 2.45) is 5.92 Å². The van der Waals surface area contributed by atoms with Crippen molar-refractivity contribution in [2.75, 3.05) is 23.4 Å². The monoisotopic (exact) mass is 394 g/mol. The lowest BCUT2D eigenvalue weighted by Crippen LogP contribution is -2.28. The zero-order valence-corrected chi connectivity index (χ0v) is 16.6. The summed E-state index contributed by atoms with van der Waals surface area (Å²) in [7, 11) is 0. The fraction of sp³-hybridized carbons (Fsp3) is 0.348. The summed E-state index contributed by atoms with van der Waals surface area (Å²) in [5.41, 5.74) is 2.66. The number of hydrogen-bond donors (Lipinski definition) is 1. The fourth-order valence-corrected chi connectivity index (χ4v) is 3.31. The second-order valence-corrected chi connectivity index (χ2v) is 7.20. The molecule has 1 aliphatic heterocycles. The first-order chi connectivity index (χ1) is 14.1. The largest absolute Gasteiger partial charge is 0.455 e. The zero-order chi connectivity index (χ0) is 20.6. The van der Waals surface area contributed by atoms with Gasteiger partial charge in [0.1, 0.15) is 0 Å². The first kappa shape index (κ1) is 20.6. The average molecular weight is 394 g/mol. The highest BCUT2D eigenvalue weighted by molar-refractivity contribution is 6.00. The highest BCUT2D eigenvalue weighted by atomic mass is 16.5. The number of nitrogens with one attached hydrogen (secondary N) is 1. The summed E-state index contributed by atoms with van der Waals surface area (Å²) >= 11 is 0. The molecule has 6 heteroatoms. The van der Waals surface area contributed by atoms with Crippen molar-refractivity contribution in [3.05, 3.63) is 60.2 Å². The van der Waals surface area contributed by atoms with E-state index in [2.05, 4.69) is 12.2 Å². The Labute approximate surface area is 170 Å². The third-order valence-corrected chi connectivity index (χ3v) is 4.93. The van der Waals surface area contributed by atoms with E-state index in [0.29, 0.717) is 5.69 Å². The van der Waals surface area contributed by atoms with Gasteiger partial charge in [-0.15, -0.1) is 0 Å². The maximum atomic E-state index is 12.4. The number of ether oxygens (including phenoxy) is 1. The van der Waals surface area contributed by atoms with Gasteiger partial charge in [0, 0.05) is 24.3 Å². The van der Waals surface area contributed by atoms with Gasteiger partial charge in [-0.25, -0.2) is 0 Å². The molecule has 2 aromatic rings. The van der Waals surface area contributed by atoms with E-state index in [1.54, 1.807) is 29.2 Å². The van der Waals surface area contributed by atoms with Gasteiger partial charge in [0.05, 0.1) is 5.92 Å². The summed E-state index contributed by atoms with van der Waals surface area (Å²) in [5, 5.41) is 2.66. The van der Waals surface area contributed by atoms with Crippen LogP contribution in [0.2, 0.25) is 0 Å². The number of aryl methyl sites for hydroxylation is 1. The Morgan fingerprint density at radius 3 is 2.52 bits per heavy atom. The van der Waals surface area contributed by atoms with E-state index < -0.39 is 17.8 Å². The molecule has 29 heavy (non-hydrogen) atoms. The highest BCUT2D eigenvalue weighted by Gasteiger charge is 2.36. The molecule has 1 heterocycles. The van der Waals surface area contributed by atoms with Gasteiger partial charge in [-0.2, -0.15) is 0 Å². The highest BCUT2D eigenvalue weighted by Crippen LogP contribution is 2.26. The Balaban J connectivity index is 1.50. The molecular weight excluding hydrogens is 368 g/mol. The lowest BCUT2D eigenvalue weighted by atomic mass is 10.1. The van der Waals surface area contributed by atoms with E-state index in [0.717, 1.165) is 24.9 Å². The van der Waals surface area contributed by atoms with Crippen LogP contribution in [0, 0.1) is 5.92 Å². The van der Waals surface area contributed by atoms with Gasteiger partial charge in [0.25, 0.3) is 5.91 Å². The third-order valence-electron chi connectivity index (χ3n) is 4.93. The Kier molecular flexibility index (Phi) is 7.00. The van der Waals surface area contributed by atoms with Crippen molar-refractivity contribution in [3.63, 3.8) is 0 Å². The lowest BCUT2D eigenvalue weighted by molar-refractivity contribution is -0.151. The summed E-state index contributed by atoms with van der Waals surface area (Å²) in [6, 6.07) is 16.8. The number of nitrogens with zero attached hydrogens (tertiary/aromatic N) is 1. The van der Waals surface area contributed by atoms with Gasteiger partial charge in [-0.05, 0) is 42.7 Å². The maximum Gasteiger partial charge on any atom is 0.311 e. The smallest absolute Gasteiger partial charge is 0.311 e. The minimum Gasteiger partial charge on any atom is -0.455 e. The Morgan fingerprint density at radius 2 is 1.83 bits per heavy atom. The van der Waals surface area contributed by atoms with E-state index in [1.165, 1.54) is 5.56 Å². The molecule has 0 aromatic heterocycles. The molecule has 1 saturated heterocycles. The van der Waals surface area contributed by atoms with Gasteiger partial charge in [0.2, 0.25) is 5.91 Å². The summed E-state index contributed by atoms with van der Waals surface area (Å²) < 4.78 is 5.13. The molecule has 1 aliphatic rings. The lowest BCUT2D eigenvalue weighted by Gasteiger charge is -2.17. The number of rotatable bonds is 8. The molecular formula is C23H26N2O4. The van der Waals surface area contributed by atoms with Crippen molar-refractivity contribution in [1.82, 2.24) is 0 Å². The topological polar surface area (TPSA) is 75.7 Å². The van der Waals surface area contributed by atoms with E-state index in [4.69, 9.17) is 4.74 Å². The van der Waals surface area contributed by atoms with Crippen LogP contribution in [0.25, 0.3) is 0 Å². The van der Waals surface area contributed by atoms with Gasteiger partial charge < -0.3 is 15.0 Å². The van der Waals surface area contributed by atoms with Crippen LogP contribution in [-0.4, -0.2) is 30.9 Å². The number of carbonyl (C=O) groups excluding carboxylic acids is 3. The van der Waals surface area contributed by atoms with Crippen LogP contribution in [0.3, 0.4) is 0 Å². The SMILES string of the molecule is CCCCc1ccc(N2CC(C(=O)OCC(=O)Nc3ccccc3)CC2=O)cc1. The molecule has 2 aromatic carbocycles. The standard InChI is InChI=1S/C23H26N2O4/c1-2-3-7-17-10-12-20(13-11-17)25-15-18(14-22(25)27)23(28)29-16-21(26)24-19-8-5-4-6-9-19/h4-6,8-13,18H,2-3,7,14-16H2,1H3,(H,24,26). The van der Waals surface area contributed by atoms with Crippen LogP contribution in [-0.2, 0) is 25.5 Å². The van der Waals surface area contributed by atoms with Gasteiger partial charge in [-0.1, -0.05) is 43.7 Å². The van der Waals surface area contributed by atoms with Gasteiger partial charge in [0.15, 0.2) is 6.61 Å². The number of esters is 1. The molecule has 0 aliphatic carbocycles. The molecule has 1 N–H and O–H groups in total. The normalized spacial score (nSPS) is 16.0. The molecule has 1 atom stereocenters. The molecule has 0 bridgehead atoms. The molecule has 0 spiro atoms. The zero-order valence-electron chi connectivity index (χ0n) is 16.6. The summed E-state index contributed by atoms with van der Waals surface area (Å²) in [4.78, 5) is 38.2. The molecule has 6 nitrogen and oxygen atoms in total. The molecule has 1 unspecified atom stereocenters. The minimum absolute atomic E-state index is 0.0940. The number of anilines is 2. The first-order valence-electron chi connectivity index (χ1n) is 9.97. The van der Waals surface area contributed by atoms with Crippen LogP contribution >= 0.6 is 0 Å². The van der Waals surface area contributed by atoms with E-state index in [1.807, 2.05) is 30.3 Å². The maximum absolute atomic E-state index is 12.4. The summed E-state index contributed by atoms with van der Waals surface area (Å²) in [6.45, 7) is 2.05. The predicted molar refractivity (Wildman–Crippen MR) is 112 cm³/mol. The molecule has 2 amide bonds. The number of amides is 2. The number of carbonyl (C=O) groups is 3. The Bertz CT molecular complexity index is 849. The fourth-order valence-electron chi connectivity index (χ4n) is 3.31. The van der Waals surface area contributed by atoms with Crippen LogP contribution in [0.1, 0.15) is 31.7 Å². The van der Waals surface area contributed by atoms with Crippen LogP contribution < -0.4 is 10.2 Å². The number of hydrogen-bond acceptors (Lipinski definition) is 4. The van der Waals surface area contributed by atoms with Crippen LogP contribution in [0.5, 0.6) is 0 Å². The summed E-state index contributed by atoms with van der Waals surface area (Å²) in [5.74, 6) is -1.61. The van der Waals surface area contributed by atoms with Crippen molar-refractivity contribution in [2.45, 2.75) is 32.6 Å². The molecule has 1 fully saturated rings. The minimum atomic E-state index is -0.563. The van der Waals surface area contributed by atoms with Gasteiger partial charge in [-0.3, -0.25) is 14.4 Å². The van der Waals surface area contributed by atoms with E-state index in [-0.39, 0.29) is 25.5 Å².